The van der Waals surface area contributed by atoms with Crippen molar-refractivity contribution in [3.05, 3.63) is 194 Å². The molecule has 2 nitrogen and oxygen atoms in total. The second-order valence-corrected chi connectivity index (χ2v) is 13.2. The average molecular weight is 645 g/mol. The van der Waals surface area contributed by atoms with Gasteiger partial charge in [0.2, 0.25) is 0 Å². The number of hydrogen-bond donors (Lipinski definition) is 0. The molecule has 0 radical (unpaired) electrons. The van der Waals surface area contributed by atoms with Crippen LogP contribution in [-0.2, 0) is 0 Å². The number of benzene rings is 8. The molecule has 0 saturated heterocycles. The van der Waals surface area contributed by atoms with Gasteiger partial charge in [-0.2, -0.15) is 0 Å². The summed E-state index contributed by atoms with van der Waals surface area (Å²) in [4.78, 5) is 4.85. The van der Waals surface area contributed by atoms with Crippen molar-refractivity contribution >= 4 is 76.4 Å². The first-order valence-electron chi connectivity index (χ1n) is 16.6. The fourth-order valence-electron chi connectivity index (χ4n) is 7.03. The number of thiophene rings is 1. The van der Waals surface area contributed by atoms with E-state index in [4.69, 9.17) is 0 Å². The Morgan fingerprint density at radius 3 is 1.55 bits per heavy atom. The number of para-hydroxylation sites is 4. The number of fused-ring (bicyclic) bond motifs is 5. The second kappa shape index (κ2) is 12.5. The molecule has 0 atom stereocenters. The summed E-state index contributed by atoms with van der Waals surface area (Å²) in [6, 6.07) is 69.8. The van der Waals surface area contributed by atoms with Crippen molar-refractivity contribution in [1.82, 2.24) is 0 Å². The molecule has 0 bridgehead atoms. The molecule has 0 aliphatic carbocycles. The highest BCUT2D eigenvalue weighted by atomic mass is 32.1. The highest BCUT2D eigenvalue weighted by Crippen LogP contribution is 2.51. The van der Waals surface area contributed by atoms with Crippen LogP contribution in [0, 0.1) is 0 Å². The summed E-state index contributed by atoms with van der Waals surface area (Å²) in [5.74, 6) is 0. The Morgan fingerprint density at radius 2 is 0.878 bits per heavy atom. The minimum atomic E-state index is 1.09. The Kier molecular flexibility index (Phi) is 7.38. The van der Waals surface area contributed by atoms with E-state index in [1.165, 1.54) is 42.1 Å². The minimum absolute atomic E-state index is 1.09. The van der Waals surface area contributed by atoms with E-state index in [2.05, 4.69) is 204 Å². The van der Waals surface area contributed by atoms with Crippen LogP contribution >= 0.6 is 11.3 Å². The topological polar surface area (TPSA) is 6.48 Å². The summed E-state index contributed by atoms with van der Waals surface area (Å²) < 4.78 is 2.55. The zero-order valence-electron chi connectivity index (χ0n) is 26.8. The molecule has 3 heteroatoms. The van der Waals surface area contributed by atoms with Gasteiger partial charge in [-0.1, -0.05) is 133 Å². The van der Waals surface area contributed by atoms with Gasteiger partial charge in [0, 0.05) is 42.8 Å². The zero-order valence-corrected chi connectivity index (χ0v) is 27.6. The summed E-state index contributed by atoms with van der Waals surface area (Å²) in [7, 11) is 0. The first-order chi connectivity index (χ1) is 24.3. The molecule has 1 heterocycles. The average Bonchev–Trinajstić information content (AvgIpc) is 3.55. The monoisotopic (exact) mass is 644 g/mol. The van der Waals surface area contributed by atoms with Gasteiger partial charge in [0.05, 0.1) is 17.1 Å². The van der Waals surface area contributed by atoms with Crippen LogP contribution in [0.25, 0.3) is 42.1 Å². The van der Waals surface area contributed by atoms with Gasteiger partial charge in [-0.3, -0.25) is 0 Å². The molecule has 0 saturated carbocycles. The van der Waals surface area contributed by atoms with Crippen molar-refractivity contribution < 1.29 is 0 Å². The molecule has 232 valence electrons. The molecule has 0 amide bonds. The Hall–Kier alpha value is -6.16. The number of rotatable bonds is 7. The van der Waals surface area contributed by atoms with Gasteiger partial charge in [0.25, 0.3) is 0 Å². The second-order valence-electron chi connectivity index (χ2n) is 12.2. The fraction of sp³-hybridized carbons (Fsp3) is 0. The predicted molar refractivity (Wildman–Crippen MR) is 212 cm³/mol. The van der Waals surface area contributed by atoms with Crippen LogP contribution in [-0.4, -0.2) is 0 Å². The van der Waals surface area contributed by atoms with Crippen molar-refractivity contribution in [2.75, 3.05) is 9.80 Å². The van der Waals surface area contributed by atoms with E-state index in [0.717, 1.165) is 34.1 Å². The molecule has 9 rings (SSSR count). The summed E-state index contributed by atoms with van der Waals surface area (Å²) in [6.45, 7) is 0. The van der Waals surface area contributed by atoms with E-state index >= 15 is 0 Å². The third kappa shape index (κ3) is 5.22. The molecule has 0 fully saturated rings. The highest BCUT2D eigenvalue weighted by Gasteiger charge is 2.26. The van der Waals surface area contributed by atoms with Crippen molar-refractivity contribution in [3.63, 3.8) is 0 Å². The minimum Gasteiger partial charge on any atom is -0.308 e. The van der Waals surface area contributed by atoms with Crippen LogP contribution in [0.1, 0.15) is 0 Å². The molecule has 9 aromatic rings. The van der Waals surface area contributed by atoms with E-state index in [-0.39, 0.29) is 0 Å². The molecular weight excluding hydrogens is 613 g/mol. The summed E-state index contributed by atoms with van der Waals surface area (Å²) in [6.07, 6.45) is 0. The van der Waals surface area contributed by atoms with Crippen LogP contribution in [0.4, 0.5) is 34.1 Å². The van der Waals surface area contributed by atoms with Gasteiger partial charge in [0.15, 0.2) is 0 Å². The van der Waals surface area contributed by atoms with Crippen LogP contribution in [0.2, 0.25) is 0 Å². The van der Waals surface area contributed by atoms with E-state index in [0.29, 0.717) is 0 Å². The lowest BCUT2D eigenvalue weighted by Gasteiger charge is -2.34. The van der Waals surface area contributed by atoms with Crippen molar-refractivity contribution in [1.29, 1.82) is 0 Å². The normalized spacial score (nSPS) is 11.3. The smallest absolute Gasteiger partial charge is 0.0716 e. The van der Waals surface area contributed by atoms with Crippen LogP contribution < -0.4 is 9.80 Å². The van der Waals surface area contributed by atoms with Gasteiger partial charge in [-0.05, 0) is 77.0 Å². The van der Waals surface area contributed by atoms with Gasteiger partial charge >= 0.3 is 0 Å². The summed E-state index contributed by atoms with van der Waals surface area (Å²) in [5.41, 5.74) is 8.97. The van der Waals surface area contributed by atoms with E-state index in [1.54, 1.807) is 0 Å². The summed E-state index contributed by atoms with van der Waals surface area (Å²) in [5, 5.41) is 5.10. The molecule has 8 aromatic carbocycles. The molecular formula is C46H32N2S. The van der Waals surface area contributed by atoms with Crippen molar-refractivity contribution in [3.8, 4) is 11.1 Å². The van der Waals surface area contributed by atoms with Crippen LogP contribution in [0.15, 0.2) is 194 Å². The third-order valence-electron chi connectivity index (χ3n) is 9.21. The Morgan fingerprint density at radius 1 is 0.347 bits per heavy atom. The maximum atomic E-state index is 2.45. The third-order valence-corrected chi connectivity index (χ3v) is 10.3. The Labute approximate surface area is 290 Å². The van der Waals surface area contributed by atoms with E-state index in [1.807, 2.05) is 11.3 Å². The molecule has 0 aliphatic heterocycles. The van der Waals surface area contributed by atoms with E-state index in [9.17, 15) is 0 Å². The SMILES string of the molecule is c1ccc(-c2ccccc2N(c2ccccc2)c2cc3c(cc2N(c2ccccc2)c2ccccc2)sc2ccc4ccccc4c23)cc1. The fourth-order valence-corrected chi connectivity index (χ4v) is 8.16. The Balaban J connectivity index is 1.43. The predicted octanol–water partition coefficient (Wildman–Crippen LogP) is 13.8. The lowest BCUT2D eigenvalue weighted by atomic mass is 10.00. The molecule has 0 spiro atoms. The zero-order chi connectivity index (χ0) is 32.6. The quantitative estimate of drug-likeness (QED) is 0.170. The molecule has 49 heavy (non-hydrogen) atoms. The maximum Gasteiger partial charge on any atom is 0.0716 e. The first-order valence-corrected chi connectivity index (χ1v) is 17.4. The van der Waals surface area contributed by atoms with Gasteiger partial charge in [-0.25, -0.2) is 0 Å². The van der Waals surface area contributed by atoms with Crippen molar-refractivity contribution in [2.45, 2.75) is 0 Å². The van der Waals surface area contributed by atoms with Gasteiger partial charge in [0.1, 0.15) is 0 Å². The molecule has 0 N–H and O–H groups in total. The molecule has 1 aromatic heterocycles. The lowest BCUT2D eigenvalue weighted by Crippen LogP contribution is -2.17. The summed E-state index contributed by atoms with van der Waals surface area (Å²) >= 11 is 1.87. The maximum absolute atomic E-state index is 2.45. The first kappa shape index (κ1) is 29.0. The number of nitrogens with zero attached hydrogens (tertiary/aromatic N) is 2. The van der Waals surface area contributed by atoms with Gasteiger partial charge in [-0.15, -0.1) is 11.3 Å². The number of anilines is 6. The Bertz CT molecular complexity index is 2500. The molecule has 0 unspecified atom stereocenters. The van der Waals surface area contributed by atoms with Crippen molar-refractivity contribution in [2.24, 2.45) is 0 Å². The molecule has 0 aliphatic rings. The standard InChI is InChI=1S/C46H32N2S/c1-5-17-33(18-6-1)38-26-15-16-28-41(38)48(37-24-11-4-12-25-37)42-31-40-45(49-44-30-29-34-19-13-14-27-39(34)46(40)44)32-43(42)47(35-20-7-2-8-21-35)36-22-9-3-10-23-36/h1-32H. The largest absolute Gasteiger partial charge is 0.308 e. The van der Waals surface area contributed by atoms with E-state index < -0.39 is 0 Å². The van der Waals surface area contributed by atoms with Gasteiger partial charge < -0.3 is 9.80 Å². The lowest BCUT2D eigenvalue weighted by molar-refractivity contribution is 1.23. The van der Waals surface area contributed by atoms with Crippen LogP contribution in [0.5, 0.6) is 0 Å². The highest BCUT2D eigenvalue weighted by molar-refractivity contribution is 7.26. The number of hydrogen-bond acceptors (Lipinski definition) is 3. The van der Waals surface area contributed by atoms with Crippen LogP contribution in [0.3, 0.4) is 0 Å².